The molecular weight excluding hydrogens is 412 g/mol. The van der Waals surface area contributed by atoms with Crippen molar-refractivity contribution < 1.29 is 9.47 Å². The number of rotatable bonds is 9. The normalized spacial score (nSPS) is 10.6. The van der Waals surface area contributed by atoms with Crippen molar-refractivity contribution >= 4 is 21.9 Å². The van der Waals surface area contributed by atoms with Gasteiger partial charge < -0.3 is 14.8 Å². The van der Waals surface area contributed by atoms with E-state index in [0.717, 1.165) is 28.6 Å². The third-order valence-corrected chi connectivity index (χ3v) is 4.40. The van der Waals surface area contributed by atoms with Crippen LogP contribution in [0.1, 0.15) is 24.5 Å². The molecule has 0 aliphatic carbocycles. The summed E-state index contributed by atoms with van der Waals surface area (Å²) in [5, 5.41) is 14.9. The second-order valence-corrected chi connectivity index (χ2v) is 6.69. The Bertz CT molecular complexity index is 872. The lowest BCUT2D eigenvalue weighted by molar-refractivity contribution is 0.282. The van der Waals surface area contributed by atoms with Crippen molar-refractivity contribution in [1.82, 2.24) is 25.2 Å². The van der Waals surface area contributed by atoms with Crippen LogP contribution in [-0.4, -0.2) is 32.3 Å². The Morgan fingerprint density at radius 1 is 1.26 bits per heavy atom. The van der Waals surface area contributed by atoms with Gasteiger partial charge in [-0.3, -0.25) is 4.98 Å². The molecule has 8 nitrogen and oxygen atoms in total. The summed E-state index contributed by atoms with van der Waals surface area (Å²) in [5.74, 6) is 1.95. The van der Waals surface area contributed by atoms with E-state index in [-0.39, 0.29) is 0 Å². The Labute approximate surface area is 166 Å². The van der Waals surface area contributed by atoms with E-state index in [0.29, 0.717) is 30.6 Å². The predicted molar refractivity (Wildman–Crippen MR) is 105 cm³/mol. The van der Waals surface area contributed by atoms with Gasteiger partial charge in [0.15, 0.2) is 11.5 Å². The number of halogens is 1. The first kappa shape index (κ1) is 19.1. The van der Waals surface area contributed by atoms with Crippen LogP contribution in [-0.2, 0) is 19.7 Å². The molecule has 2 aromatic heterocycles. The fourth-order valence-corrected chi connectivity index (χ4v) is 3.13. The number of nitrogens with one attached hydrogen (secondary N) is 1. The lowest BCUT2D eigenvalue weighted by Crippen LogP contribution is -2.09. The molecule has 0 saturated heterocycles. The molecule has 0 atom stereocenters. The van der Waals surface area contributed by atoms with Crippen LogP contribution in [0.25, 0.3) is 0 Å². The number of nitrogens with zero attached hydrogens (tertiary/aromatic N) is 5. The van der Waals surface area contributed by atoms with Crippen LogP contribution in [0.2, 0.25) is 0 Å². The van der Waals surface area contributed by atoms with Gasteiger partial charge in [-0.15, -0.1) is 0 Å². The van der Waals surface area contributed by atoms with Crippen LogP contribution in [0.5, 0.6) is 11.5 Å². The van der Waals surface area contributed by atoms with Crippen LogP contribution >= 0.6 is 15.9 Å². The molecule has 0 unspecified atom stereocenters. The summed E-state index contributed by atoms with van der Waals surface area (Å²) in [4.78, 5) is 4.10. The van der Waals surface area contributed by atoms with Crippen LogP contribution in [0.4, 0.5) is 5.95 Å². The molecule has 27 heavy (non-hydrogen) atoms. The van der Waals surface area contributed by atoms with Gasteiger partial charge in [0.2, 0.25) is 5.95 Å². The van der Waals surface area contributed by atoms with Crippen molar-refractivity contribution in [3.63, 3.8) is 0 Å². The monoisotopic (exact) mass is 432 g/mol. The molecule has 9 heteroatoms. The third-order valence-electron chi connectivity index (χ3n) is 3.81. The largest absolute Gasteiger partial charge is 0.493 e. The van der Waals surface area contributed by atoms with Gasteiger partial charge >= 0.3 is 0 Å². The van der Waals surface area contributed by atoms with E-state index in [2.05, 4.69) is 48.7 Å². The van der Waals surface area contributed by atoms with E-state index in [1.807, 2.05) is 24.3 Å². The van der Waals surface area contributed by atoms with E-state index in [4.69, 9.17) is 9.47 Å². The second kappa shape index (κ2) is 9.31. The fourth-order valence-electron chi connectivity index (χ4n) is 2.53. The van der Waals surface area contributed by atoms with E-state index in [9.17, 15) is 0 Å². The first-order valence-corrected chi connectivity index (χ1v) is 9.38. The molecular formula is C18H21BrN6O2. The third kappa shape index (κ3) is 4.94. The van der Waals surface area contributed by atoms with Crippen molar-refractivity contribution in [2.24, 2.45) is 0 Å². The Kier molecular flexibility index (Phi) is 6.59. The number of hydrogen-bond donors (Lipinski definition) is 1. The van der Waals surface area contributed by atoms with E-state index < -0.39 is 0 Å². The standard InChI is InChI=1S/C18H21BrN6O2/c1-3-7-25-18(22-23-24-25)21-11-14-8-15(19)17(16(9-14)26-2)27-12-13-5-4-6-20-10-13/h4-6,8-10H,3,7,11-12H2,1-2H3,(H,21,22,24). The number of benzene rings is 1. The van der Waals surface area contributed by atoms with E-state index >= 15 is 0 Å². The number of aryl methyl sites for hydroxylation is 1. The lowest BCUT2D eigenvalue weighted by Gasteiger charge is -2.15. The number of pyridine rings is 1. The molecule has 142 valence electrons. The molecule has 0 radical (unpaired) electrons. The molecule has 0 aliphatic rings. The number of methoxy groups -OCH3 is 1. The van der Waals surface area contributed by atoms with Gasteiger partial charge in [0, 0.05) is 31.0 Å². The molecule has 1 N–H and O–H groups in total. The highest BCUT2D eigenvalue weighted by atomic mass is 79.9. The smallest absolute Gasteiger partial charge is 0.243 e. The highest BCUT2D eigenvalue weighted by Crippen LogP contribution is 2.37. The molecule has 2 heterocycles. The summed E-state index contributed by atoms with van der Waals surface area (Å²) >= 11 is 3.58. The van der Waals surface area contributed by atoms with Gasteiger partial charge in [0.25, 0.3) is 0 Å². The van der Waals surface area contributed by atoms with Gasteiger partial charge in [-0.1, -0.05) is 18.1 Å². The van der Waals surface area contributed by atoms with Gasteiger partial charge in [-0.25, -0.2) is 4.68 Å². The maximum atomic E-state index is 5.93. The highest BCUT2D eigenvalue weighted by molar-refractivity contribution is 9.10. The second-order valence-electron chi connectivity index (χ2n) is 5.84. The average Bonchev–Trinajstić information content (AvgIpc) is 3.13. The Hall–Kier alpha value is -2.68. The van der Waals surface area contributed by atoms with Crippen LogP contribution in [0, 0.1) is 0 Å². The Balaban J connectivity index is 1.70. The summed E-state index contributed by atoms with van der Waals surface area (Å²) in [6, 6.07) is 7.77. The SMILES string of the molecule is CCCn1nnnc1NCc1cc(Br)c(OCc2cccnc2)c(OC)c1. The van der Waals surface area contributed by atoms with Gasteiger partial charge in [0.1, 0.15) is 6.61 Å². The fraction of sp³-hybridized carbons (Fsp3) is 0.333. The molecule has 0 bridgehead atoms. The molecule has 0 amide bonds. The number of ether oxygens (including phenoxy) is 2. The summed E-state index contributed by atoms with van der Waals surface area (Å²) in [6.45, 7) is 3.81. The lowest BCUT2D eigenvalue weighted by atomic mass is 10.2. The molecule has 0 aliphatic heterocycles. The van der Waals surface area contributed by atoms with Crippen molar-refractivity contribution in [2.45, 2.75) is 33.0 Å². The number of anilines is 1. The Morgan fingerprint density at radius 2 is 2.15 bits per heavy atom. The first-order chi connectivity index (χ1) is 13.2. The van der Waals surface area contributed by atoms with Crippen molar-refractivity contribution in [3.8, 4) is 11.5 Å². The minimum Gasteiger partial charge on any atom is -0.493 e. The molecule has 0 saturated carbocycles. The zero-order valence-corrected chi connectivity index (χ0v) is 16.8. The first-order valence-electron chi connectivity index (χ1n) is 8.59. The van der Waals surface area contributed by atoms with E-state index in [1.54, 1.807) is 24.2 Å². The predicted octanol–water partition coefficient (Wildman–Crippen LogP) is 3.44. The molecule has 3 aromatic rings. The summed E-state index contributed by atoms with van der Waals surface area (Å²) in [5.41, 5.74) is 2.00. The maximum absolute atomic E-state index is 5.93. The van der Waals surface area contributed by atoms with Crippen LogP contribution in [0.3, 0.4) is 0 Å². The minimum absolute atomic E-state index is 0.409. The molecule has 3 rings (SSSR count). The van der Waals surface area contributed by atoms with Crippen molar-refractivity contribution in [1.29, 1.82) is 0 Å². The van der Waals surface area contributed by atoms with Gasteiger partial charge in [0.05, 0.1) is 11.6 Å². The number of hydrogen-bond acceptors (Lipinski definition) is 7. The summed E-state index contributed by atoms with van der Waals surface area (Å²) in [6.07, 6.45) is 4.47. The van der Waals surface area contributed by atoms with Crippen LogP contribution in [0.15, 0.2) is 41.1 Å². The van der Waals surface area contributed by atoms with Crippen molar-refractivity contribution in [3.05, 3.63) is 52.3 Å². The summed E-state index contributed by atoms with van der Waals surface area (Å²) in [7, 11) is 1.62. The Morgan fingerprint density at radius 3 is 2.89 bits per heavy atom. The van der Waals surface area contributed by atoms with E-state index in [1.165, 1.54) is 0 Å². The zero-order chi connectivity index (χ0) is 19.1. The molecule has 0 fully saturated rings. The van der Waals surface area contributed by atoms with Crippen molar-refractivity contribution in [2.75, 3.05) is 12.4 Å². The number of tetrazole rings is 1. The topological polar surface area (TPSA) is 87.0 Å². The number of aromatic nitrogens is 5. The quantitative estimate of drug-likeness (QED) is 0.553. The zero-order valence-electron chi connectivity index (χ0n) is 15.2. The minimum atomic E-state index is 0.409. The molecule has 0 spiro atoms. The highest BCUT2D eigenvalue weighted by Gasteiger charge is 2.13. The maximum Gasteiger partial charge on any atom is 0.243 e. The van der Waals surface area contributed by atoms with Crippen LogP contribution < -0.4 is 14.8 Å². The molecule has 1 aromatic carbocycles. The average molecular weight is 433 g/mol. The summed E-state index contributed by atoms with van der Waals surface area (Å²) < 4.78 is 14.0. The van der Waals surface area contributed by atoms with Gasteiger partial charge in [-0.2, -0.15) is 0 Å². The van der Waals surface area contributed by atoms with Gasteiger partial charge in [-0.05, 0) is 56.5 Å².